The number of aliphatic hydroxyl groups excluding tert-OH is 1. The molecule has 2 aliphatic rings. The predicted octanol–water partition coefficient (Wildman–Crippen LogP) is 4.11. The minimum absolute atomic E-state index is 0.0692. The largest absolute Gasteiger partial charge is 0.507 e. The van der Waals surface area contributed by atoms with E-state index in [9.17, 15) is 14.7 Å². The minimum Gasteiger partial charge on any atom is -0.507 e. The molecule has 2 aromatic carbocycles. The van der Waals surface area contributed by atoms with E-state index in [2.05, 4.69) is 10.00 Å². The third kappa shape index (κ3) is 5.66. The van der Waals surface area contributed by atoms with E-state index in [4.69, 9.17) is 9.47 Å². The van der Waals surface area contributed by atoms with Gasteiger partial charge in [0, 0.05) is 26.2 Å². The van der Waals surface area contributed by atoms with Crippen molar-refractivity contribution in [3.05, 3.63) is 83.2 Å². The molecule has 9 heteroatoms. The molecule has 9 nitrogen and oxygen atoms in total. The number of aliphatic hydroxyl groups is 1. The smallest absolute Gasteiger partial charge is 0.295 e. The highest BCUT2D eigenvalue weighted by Gasteiger charge is 2.46. The zero-order valence-corrected chi connectivity index (χ0v) is 23.1. The SMILES string of the molecule is CCCOc1cccc(C2/C(=C(\O)c3cnn(-c4ccccc4)c3C)C(=O)C(=O)N2CCCN2CCOCC2)c1. The number of benzene rings is 2. The van der Waals surface area contributed by atoms with Crippen molar-refractivity contribution in [2.24, 2.45) is 0 Å². The van der Waals surface area contributed by atoms with Gasteiger partial charge in [0.25, 0.3) is 11.7 Å². The second kappa shape index (κ2) is 12.5. The van der Waals surface area contributed by atoms with Crippen molar-refractivity contribution in [2.45, 2.75) is 32.7 Å². The molecule has 3 heterocycles. The van der Waals surface area contributed by atoms with Crippen LogP contribution in [0.1, 0.15) is 42.6 Å². The summed E-state index contributed by atoms with van der Waals surface area (Å²) in [4.78, 5) is 30.8. The van der Waals surface area contributed by atoms with Crippen LogP contribution >= 0.6 is 0 Å². The van der Waals surface area contributed by atoms with Crippen LogP contribution in [0.25, 0.3) is 11.4 Å². The van der Waals surface area contributed by atoms with Crippen LogP contribution in [0.4, 0.5) is 0 Å². The third-order valence-corrected chi connectivity index (χ3v) is 7.43. The lowest BCUT2D eigenvalue weighted by Crippen LogP contribution is -2.38. The summed E-state index contributed by atoms with van der Waals surface area (Å²) in [6.07, 6.45) is 3.09. The molecule has 5 rings (SSSR count). The third-order valence-electron chi connectivity index (χ3n) is 7.43. The lowest BCUT2D eigenvalue weighted by Gasteiger charge is -2.29. The van der Waals surface area contributed by atoms with Crippen molar-refractivity contribution < 1.29 is 24.2 Å². The van der Waals surface area contributed by atoms with E-state index in [1.807, 2.05) is 68.4 Å². The number of Topliss-reactive ketones (excluding diaryl/α,β-unsaturated/α-hetero) is 1. The first kappa shape index (κ1) is 27.6. The fourth-order valence-corrected chi connectivity index (χ4v) is 5.36. The van der Waals surface area contributed by atoms with E-state index in [-0.39, 0.29) is 11.3 Å². The van der Waals surface area contributed by atoms with Crippen LogP contribution in [0, 0.1) is 6.92 Å². The Morgan fingerprint density at radius 1 is 1.07 bits per heavy atom. The van der Waals surface area contributed by atoms with Crippen LogP contribution in [0.3, 0.4) is 0 Å². The second-order valence-electron chi connectivity index (χ2n) is 10.1. The molecule has 0 radical (unpaired) electrons. The highest BCUT2D eigenvalue weighted by atomic mass is 16.5. The van der Waals surface area contributed by atoms with E-state index in [1.54, 1.807) is 15.8 Å². The van der Waals surface area contributed by atoms with Crippen LogP contribution in [0.5, 0.6) is 5.75 Å². The predicted molar refractivity (Wildman–Crippen MR) is 151 cm³/mol. The van der Waals surface area contributed by atoms with Gasteiger partial charge in [-0.05, 0) is 49.6 Å². The Kier molecular flexibility index (Phi) is 8.62. The normalized spacial score (nSPS) is 19.4. The number of para-hydroxylation sites is 1. The minimum atomic E-state index is -0.741. The van der Waals surface area contributed by atoms with Gasteiger partial charge in [0.05, 0.1) is 54.6 Å². The van der Waals surface area contributed by atoms with E-state index < -0.39 is 17.7 Å². The van der Waals surface area contributed by atoms with Crippen LogP contribution in [-0.2, 0) is 14.3 Å². The van der Waals surface area contributed by atoms with Gasteiger partial charge in [0.2, 0.25) is 0 Å². The molecule has 2 aliphatic heterocycles. The number of carbonyl (C=O) groups is 2. The molecule has 0 saturated carbocycles. The summed E-state index contributed by atoms with van der Waals surface area (Å²) in [6, 6.07) is 16.3. The molecule has 1 amide bonds. The van der Waals surface area contributed by atoms with Crippen LogP contribution in [0.15, 0.2) is 66.4 Å². The fourth-order valence-electron chi connectivity index (χ4n) is 5.36. The second-order valence-corrected chi connectivity index (χ2v) is 10.1. The van der Waals surface area contributed by atoms with Gasteiger partial charge in [-0.3, -0.25) is 14.5 Å². The lowest BCUT2D eigenvalue weighted by molar-refractivity contribution is -0.140. The maximum atomic E-state index is 13.5. The Bertz CT molecular complexity index is 1380. The first-order chi connectivity index (χ1) is 19.5. The van der Waals surface area contributed by atoms with E-state index >= 15 is 0 Å². The Morgan fingerprint density at radius 3 is 2.60 bits per heavy atom. The lowest BCUT2D eigenvalue weighted by atomic mass is 9.95. The highest BCUT2D eigenvalue weighted by molar-refractivity contribution is 6.46. The number of amides is 1. The summed E-state index contributed by atoms with van der Waals surface area (Å²) < 4.78 is 13.0. The number of aromatic nitrogens is 2. The molecule has 2 saturated heterocycles. The summed E-state index contributed by atoms with van der Waals surface area (Å²) >= 11 is 0. The van der Waals surface area contributed by atoms with Gasteiger partial charge < -0.3 is 19.5 Å². The quantitative estimate of drug-likeness (QED) is 0.233. The van der Waals surface area contributed by atoms with Gasteiger partial charge in [0.1, 0.15) is 11.5 Å². The molecule has 3 aromatic rings. The van der Waals surface area contributed by atoms with Crippen LogP contribution < -0.4 is 4.74 Å². The summed E-state index contributed by atoms with van der Waals surface area (Å²) in [5.74, 6) is -0.868. The molecule has 1 aromatic heterocycles. The van der Waals surface area contributed by atoms with Crippen molar-refractivity contribution >= 4 is 17.4 Å². The number of hydrogen-bond donors (Lipinski definition) is 1. The monoisotopic (exact) mass is 544 g/mol. The van der Waals surface area contributed by atoms with E-state index in [1.165, 1.54) is 0 Å². The standard InChI is InChI=1S/C31H36N4O5/c1-3-17-40-25-12-7-9-23(20-25)28-27(29(36)26-21-32-35(22(26)2)24-10-5-4-6-11-24)30(37)31(38)34(28)14-8-13-33-15-18-39-19-16-33/h4-7,9-12,20-21,28,36H,3,8,13-19H2,1-2H3/b29-27+. The van der Waals surface area contributed by atoms with Gasteiger partial charge in [0.15, 0.2) is 0 Å². The maximum absolute atomic E-state index is 13.5. The van der Waals surface area contributed by atoms with Crippen LogP contribution in [0.2, 0.25) is 0 Å². The number of morpholine rings is 1. The number of ether oxygens (including phenoxy) is 2. The van der Waals surface area contributed by atoms with Crippen LogP contribution in [-0.4, -0.2) is 82.4 Å². The summed E-state index contributed by atoms with van der Waals surface area (Å²) in [7, 11) is 0. The Labute approximate surface area is 234 Å². The first-order valence-corrected chi connectivity index (χ1v) is 13.9. The first-order valence-electron chi connectivity index (χ1n) is 13.9. The molecule has 2 fully saturated rings. The van der Waals surface area contributed by atoms with E-state index in [0.29, 0.717) is 55.4 Å². The fraction of sp³-hybridized carbons (Fsp3) is 0.387. The van der Waals surface area contributed by atoms with Gasteiger partial charge in [-0.2, -0.15) is 5.10 Å². The average molecular weight is 545 g/mol. The van der Waals surface area contributed by atoms with Gasteiger partial charge in [-0.15, -0.1) is 0 Å². The number of nitrogens with zero attached hydrogens (tertiary/aromatic N) is 4. The number of carbonyl (C=O) groups excluding carboxylic acids is 2. The highest BCUT2D eigenvalue weighted by Crippen LogP contribution is 2.41. The molecule has 0 bridgehead atoms. The average Bonchev–Trinajstić information content (AvgIpc) is 3.49. The maximum Gasteiger partial charge on any atom is 0.295 e. The molecular formula is C31H36N4O5. The summed E-state index contributed by atoms with van der Waals surface area (Å²) in [5, 5.41) is 16.1. The zero-order chi connectivity index (χ0) is 28.1. The molecule has 0 aliphatic carbocycles. The number of ketones is 1. The molecule has 1 N–H and O–H groups in total. The Balaban J connectivity index is 1.52. The van der Waals surface area contributed by atoms with Crippen molar-refractivity contribution in [3.8, 4) is 11.4 Å². The molecule has 1 unspecified atom stereocenters. The van der Waals surface area contributed by atoms with Gasteiger partial charge in [-0.25, -0.2) is 4.68 Å². The zero-order valence-electron chi connectivity index (χ0n) is 23.1. The van der Waals surface area contributed by atoms with Crippen molar-refractivity contribution in [2.75, 3.05) is 46.0 Å². The molecular weight excluding hydrogens is 508 g/mol. The topological polar surface area (TPSA) is 97.1 Å². The number of hydrogen-bond acceptors (Lipinski definition) is 7. The van der Waals surface area contributed by atoms with Gasteiger partial charge >= 0.3 is 0 Å². The number of likely N-dealkylation sites (tertiary alicyclic amines) is 1. The Morgan fingerprint density at radius 2 is 1.85 bits per heavy atom. The van der Waals surface area contributed by atoms with Crippen molar-refractivity contribution in [1.82, 2.24) is 19.6 Å². The summed E-state index contributed by atoms with van der Waals surface area (Å²) in [5.41, 5.74) is 2.70. The van der Waals surface area contributed by atoms with Crippen molar-refractivity contribution in [3.63, 3.8) is 0 Å². The Hall–Kier alpha value is -3.95. The molecule has 1 atom stereocenters. The molecule has 210 valence electrons. The molecule has 0 spiro atoms. The number of rotatable bonds is 10. The summed E-state index contributed by atoms with van der Waals surface area (Å²) in [6.45, 7) is 8.70. The molecule has 40 heavy (non-hydrogen) atoms. The van der Waals surface area contributed by atoms with E-state index in [0.717, 1.165) is 31.7 Å². The van der Waals surface area contributed by atoms with Gasteiger partial charge in [-0.1, -0.05) is 37.3 Å². The van der Waals surface area contributed by atoms with Crippen molar-refractivity contribution in [1.29, 1.82) is 0 Å².